The minimum Gasteiger partial charge on any atom is -0.493 e. The highest BCUT2D eigenvalue weighted by Crippen LogP contribution is 2.43. The summed E-state index contributed by atoms with van der Waals surface area (Å²) >= 11 is 6.15. The van der Waals surface area contributed by atoms with Gasteiger partial charge < -0.3 is 14.2 Å². The molecule has 5 nitrogen and oxygen atoms in total. The summed E-state index contributed by atoms with van der Waals surface area (Å²) in [6, 6.07) is 3.60. The maximum Gasteiger partial charge on any atom is 0.204 e. The highest BCUT2D eigenvalue weighted by molar-refractivity contribution is 6.30. The maximum atomic E-state index is 6.15. The fourth-order valence-corrected chi connectivity index (χ4v) is 2.21. The first-order chi connectivity index (χ1) is 10.0. The number of hydrogen-bond acceptors (Lipinski definition) is 5. The van der Waals surface area contributed by atoms with Crippen molar-refractivity contribution in [3.63, 3.8) is 0 Å². The molecule has 0 atom stereocenters. The summed E-state index contributed by atoms with van der Waals surface area (Å²) in [5.41, 5.74) is 2.38. The van der Waals surface area contributed by atoms with E-state index >= 15 is 0 Å². The zero-order valence-corrected chi connectivity index (χ0v) is 13.4. The molecule has 0 fully saturated rings. The third-order valence-corrected chi connectivity index (χ3v) is 3.64. The van der Waals surface area contributed by atoms with E-state index in [9.17, 15) is 0 Å². The van der Waals surface area contributed by atoms with Gasteiger partial charge in [0, 0.05) is 11.3 Å². The topological polar surface area (TPSA) is 53.5 Å². The van der Waals surface area contributed by atoms with E-state index in [4.69, 9.17) is 25.8 Å². The summed E-state index contributed by atoms with van der Waals surface area (Å²) in [6.07, 6.45) is 0. The highest BCUT2D eigenvalue weighted by atomic mass is 35.5. The molecule has 1 aromatic heterocycles. The van der Waals surface area contributed by atoms with E-state index in [1.54, 1.807) is 27.4 Å². The minimum absolute atomic E-state index is 0.425. The van der Waals surface area contributed by atoms with Gasteiger partial charge in [0.15, 0.2) is 17.3 Å². The number of aryl methyl sites for hydroxylation is 1. The average molecular weight is 309 g/mol. The van der Waals surface area contributed by atoms with Gasteiger partial charge in [0.1, 0.15) is 5.15 Å². The van der Waals surface area contributed by atoms with Crippen molar-refractivity contribution in [1.29, 1.82) is 0 Å². The normalized spacial score (nSPS) is 10.4. The molecule has 0 amide bonds. The zero-order valence-electron chi connectivity index (χ0n) is 12.7. The van der Waals surface area contributed by atoms with Gasteiger partial charge in [-0.25, -0.2) is 9.97 Å². The molecule has 6 heteroatoms. The number of ether oxygens (including phenoxy) is 3. The van der Waals surface area contributed by atoms with Gasteiger partial charge in [0.2, 0.25) is 5.75 Å². The van der Waals surface area contributed by atoms with E-state index < -0.39 is 0 Å². The molecule has 21 heavy (non-hydrogen) atoms. The largest absolute Gasteiger partial charge is 0.493 e. The molecule has 0 aliphatic rings. The molecular weight excluding hydrogens is 292 g/mol. The second-order valence-electron chi connectivity index (χ2n) is 4.43. The molecule has 0 N–H and O–H groups in total. The van der Waals surface area contributed by atoms with Crippen LogP contribution in [0.4, 0.5) is 0 Å². The van der Waals surface area contributed by atoms with Crippen molar-refractivity contribution in [2.45, 2.75) is 13.8 Å². The van der Waals surface area contributed by atoms with E-state index in [0.29, 0.717) is 33.8 Å². The summed E-state index contributed by atoms with van der Waals surface area (Å²) in [5, 5.41) is 0.425. The highest BCUT2D eigenvalue weighted by Gasteiger charge is 2.19. The molecular formula is C15H17ClN2O3. The number of aromatic nitrogens is 2. The van der Waals surface area contributed by atoms with Gasteiger partial charge in [-0.2, -0.15) is 0 Å². The SMILES string of the molecule is COc1ccc(-c2nc(C)c(C)c(Cl)n2)c(OC)c1OC. The molecule has 1 aromatic carbocycles. The summed E-state index contributed by atoms with van der Waals surface area (Å²) < 4.78 is 16.1. The number of nitrogens with zero attached hydrogens (tertiary/aromatic N) is 2. The van der Waals surface area contributed by atoms with Gasteiger partial charge in [0.05, 0.1) is 26.9 Å². The van der Waals surface area contributed by atoms with E-state index in [-0.39, 0.29) is 0 Å². The van der Waals surface area contributed by atoms with Crippen LogP contribution in [0.5, 0.6) is 17.2 Å². The lowest BCUT2D eigenvalue weighted by molar-refractivity contribution is 0.325. The van der Waals surface area contributed by atoms with Crippen LogP contribution >= 0.6 is 11.6 Å². The molecule has 0 radical (unpaired) electrons. The summed E-state index contributed by atoms with van der Waals surface area (Å²) in [6.45, 7) is 3.77. The van der Waals surface area contributed by atoms with Crippen molar-refractivity contribution in [2.75, 3.05) is 21.3 Å². The lowest BCUT2D eigenvalue weighted by atomic mass is 10.1. The van der Waals surface area contributed by atoms with E-state index in [1.165, 1.54) is 0 Å². The van der Waals surface area contributed by atoms with Crippen molar-refractivity contribution >= 4 is 11.6 Å². The Bertz CT molecular complexity index is 651. The smallest absolute Gasteiger partial charge is 0.204 e. The van der Waals surface area contributed by atoms with Crippen molar-refractivity contribution in [3.8, 4) is 28.6 Å². The van der Waals surface area contributed by atoms with Crippen LogP contribution in [0.15, 0.2) is 12.1 Å². The van der Waals surface area contributed by atoms with Gasteiger partial charge in [-0.05, 0) is 26.0 Å². The molecule has 0 saturated heterocycles. The summed E-state index contributed by atoms with van der Waals surface area (Å²) in [7, 11) is 4.68. The molecule has 112 valence electrons. The molecule has 0 unspecified atom stereocenters. The Labute approximate surface area is 128 Å². The number of methoxy groups -OCH3 is 3. The third kappa shape index (κ3) is 2.74. The average Bonchev–Trinajstić information content (AvgIpc) is 2.50. The third-order valence-electron chi connectivity index (χ3n) is 3.27. The molecule has 0 spiro atoms. The fourth-order valence-electron chi connectivity index (χ4n) is 1.99. The predicted molar refractivity (Wildman–Crippen MR) is 81.6 cm³/mol. The number of hydrogen-bond donors (Lipinski definition) is 0. The van der Waals surface area contributed by atoms with Crippen LogP contribution in [-0.2, 0) is 0 Å². The van der Waals surface area contributed by atoms with Crippen molar-refractivity contribution in [2.24, 2.45) is 0 Å². The maximum absolute atomic E-state index is 6.15. The number of benzene rings is 1. The van der Waals surface area contributed by atoms with Gasteiger partial charge in [-0.15, -0.1) is 0 Å². The van der Waals surface area contributed by atoms with Crippen LogP contribution in [-0.4, -0.2) is 31.3 Å². The lowest BCUT2D eigenvalue weighted by Gasteiger charge is -2.15. The van der Waals surface area contributed by atoms with Crippen molar-refractivity contribution in [3.05, 3.63) is 28.5 Å². The molecule has 1 heterocycles. The van der Waals surface area contributed by atoms with Crippen molar-refractivity contribution < 1.29 is 14.2 Å². The Morgan fingerprint density at radius 2 is 1.57 bits per heavy atom. The first-order valence-electron chi connectivity index (χ1n) is 6.33. The van der Waals surface area contributed by atoms with Gasteiger partial charge in [0.25, 0.3) is 0 Å². The second kappa shape index (κ2) is 6.18. The summed E-state index contributed by atoms with van der Waals surface area (Å²) in [5.74, 6) is 2.07. The summed E-state index contributed by atoms with van der Waals surface area (Å²) in [4.78, 5) is 8.79. The monoisotopic (exact) mass is 308 g/mol. The van der Waals surface area contributed by atoms with E-state index in [2.05, 4.69) is 9.97 Å². The Morgan fingerprint density at radius 3 is 2.10 bits per heavy atom. The first-order valence-corrected chi connectivity index (χ1v) is 6.71. The van der Waals surface area contributed by atoms with Gasteiger partial charge in [-0.1, -0.05) is 11.6 Å². The van der Waals surface area contributed by atoms with Crippen molar-refractivity contribution in [1.82, 2.24) is 9.97 Å². The Morgan fingerprint density at radius 1 is 0.905 bits per heavy atom. The second-order valence-corrected chi connectivity index (χ2v) is 4.79. The van der Waals surface area contributed by atoms with Crippen LogP contribution in [0.2, 0.25) is 5.15 Å². The van der Waals surface area contributed by atoms with Crippen LogP contribution in [0.3, 0.4) is 0 Å². The minimum atomic E-state index is 0.425. The zero-order chi connectivity index (χ0) is 15.6. The van der Waals surface area contributed by atoms with E-state index in [0.717, 1.165) is 11.3 Å². The fraction of sp³-hybridized carbons (Fsp3) is 0.333. The Balaban J connectivity index is 2.69. The molecule has 0 bridgehead atoms. The molecule has 0 aliphatic carbocycles. The number of halogens is 1. The molecule has 0 aliphatic heterocycles. The standard InChI is InChI=1S/C15H17ClN2O3/c1-8-9(2)17-15(18-14(8)16)10-6-7-11(19-3)13(21-5)12(10)20-4/h6-7H,1-5H3. The number of rotatable bonds is 4. The van der Waals surface area contributed by atoms with Gasteiger partial charge in [-0.3, -0.25) is 0 Å². The van der Waals surface area contributed by atoms with Gasteiger partial charge >= 0.3 is 0 Å². The molecule has 2 rings (SSSR count). The van der Waals surface area contributed by atoms with Crippen LogP contribution in [0, 0.1) is 13.8 Å². The lowest BCUT2D eigenvalue weighted by Crippen LogP contribution is -2.01. The Kier molecular flexibility index (Phi) is 4.53. The van der Waals surface area contributed by atoms with E-state index in [1.807, 2.05) is 19.9 Å². The molecule has 2 aromatic rings. The van der Waals surface area contributed by atoms with Crippen LogP contribution in [0.1, 0.15) is 11.3 Å². The quantitative estimate of drug-likeness (QED) is 0.810. The Hall–Kier alpha value is -2.01. The predicted octanol–water partition coefficient (Wildman–Crippen LogP) is 3.44. The molecule has 0 saturated carbocycles. The van der Waals surface area contributed by atoms with Crippen LogP contribution < -0.4 is 14.2 Å². The first kappa shape index (κ1) is 15.4. The van der Waals surface area contributed by atoms with Crippen LogP contribution in [0.25, 0.3) is 11.4 Å².